The largest absolute Gasteiger partial charge is 0.478 e. The summed E-state index contributed by atoms with van der Waals surface area (Å²) in [5, 5.41) is 11.7. The fraction of sp³-hybridized carbons (Fsp3) is 0.200. The van der Waals surface area contributed by atoms with Crippen molar-refractivity contribution in [2.75, 3.05) is 12.4 Å². The predicted molar refractivity (Wildman–Crippen MR) is 53.1 cm³/mol. The Morgan fingerprint density at radius 1 is 1.50 bits per heavy atom. The van der Waals surface area contributed by atoms with Crippen molar-refractivity contribution in [2.24, 2.45) is 0 Å². The van der Waals surface area contributed by atoms with E-state index in [2.05, 4.69) is 5.32 Å². The second kappa shape index (κ2) is 3.91. The summed E-state index contributed by atoms with van der Waals surface area (Å²) in [6, 6.07) is 3.12. The summed E-state index contributed by atoms with van der Waals surface area (Å²) < 4.78 is 0. The molecule has 0 atom stereocenters. The summed E-state index contributed by atoms with van der Waals surface area (Å²) in [4.78, 5) is 21.5. The number of aldehydes is 1. The molecule has 0 radical (unpaired) electrons. The molecule has 0 aliphatic heterocycles. The van der Waals surface area contributed by atoms with Gasteiger partial charge in [0.05, 0.1) is 5.56 Å². The number of nitrogens with one attached hydrogen (secondary N) is 1. The van der Waals surface area contributed by atoms with Crippen LogP contribution in [0.2, 0.25) is 0 Å². The van der Waals surface area contributed by atoms with Crippen LogP contribution in [-0.2, 0) is 0 Å². The van der Waals surface area contributed by atoms with Crippen molar-refractivity contribution >= 4 is 17.9 Å². The Bertz CT molecular complexity index is 385. The molecule has 4 heteroatoms. The van der Waals surface area contributed by atoms with Crippen molar-refractivity contribution in [2.45, 2.75) is 6.92 Å². The van der Waals surface area contributed by atoms with E-state index < -0.39 is 5.97 Å². The minimum absolute atomic E-state index is 0.152. The van der Waals surface area contributed by atoms with Crippen LogP contribution in [0.5, 0.6) is 0 Å². The molecular formula is C10H11NO3. The summed E-state index contributed by atoms with van der Waals surface area (Å²) in [7, 11) is 1.67. The van der Waals surface area contributed by atoms with Gasteiger partial charge in [0, 0.05) is 18.3 Å². The maximum atomic E-state index is 10.8. The number of carbonyl (C=O) groups excluding carboxylic acids is 1. The molecule has 14 heavy (non-hydrogen) atoms. The molecule has 1 aromatic rings. The Balaban J connectivity index is 3.41. The first-order chi connectivity index (χ1) is 6.60. The number of carbonyl (C=O) groups is 2. The standard InChI is InChI=1S/C10H11NO3/c1-6-7(5-12)3-8(11-2)4-9(6)10(13)14/h3-5,11H,1-2H3,(H,13,14). The molecule has 0 unspecified atom stereocenters. The third-order valence-corrected chi connectivity index (χ3v) is 2.09. The van der Waals surface area contributed by atoms with Crippen molar-refractivity contribution in [3.63, 3.8) is 0 Å². The molecule has 74 valence electrons. The van der Waals surface area contributed by atoms with Crippen molar-refractivity contribution in [3.8, 4) is 0 Å². The van der Waals surface area contributed by atoms with Crippen molar-refractivity contribution in [1.82, 2.24) is 0 Å². The van der Waals surface area contributed by atoms with E-state index in [1.54, 1.807) is 20.0 Å². The molecule has 0 aromatic heterocycles. The van der Waals surface area contributed by atoms with Gasteiger partial charge in [-0.25, -0.2) is 4.79 Å². The summed E-state index contributed by atoms with van der Waals surface area (Å²) in [6.45, 7) is 1.62. The van der Waals surface area contributed by atoms with Gasteiger partial charge in [-0.05, 0) is 24.6 Å². The first-order valence-corrected chi connectivity index (χ1v) is 4.11. The summed E-state index contributed by atoms with van der Waals surface area (Å²) in [6.07, 6.45) is 0.655. The van der Waals surface area contributed by atoms with Crippen LogP contribution in [0, 0.1) is 6.92 Å². The molecule has 0 amide bonds. The molecule has 1 aromatic carbocycles. The van der Waals surface area contributed by atoms with E-state index in [4.69, 9.17) is 5.11 Å². The molecular weight excluding hydrogens is 182 g/mol. The van der Waals surface area contributed by atoms with Crippen LogP contribution in [0.1, 0.15) is 26.3 Å². The van der Waals surface area contributed by atoms with Gasteiger partial charge in [0.1, 0.15) is 6.29 Å². The lowest BCUT2D eigenvalue weighted by molar-refractivity contribution is 0.0696. The Morgan fingerprint density at radius 3 is 2.57 bits per heavy atom. The quantitative estimate of drug-likeness (QED) is 0.715. The van der Waals surface area contributed by atoms with Gasteiger partial charge in [0.15, 0.2) is 0 Å². The zero-order valence-electron chi connectivity index (χ0n) is 8.00. The molecule has 0 spiro atoms. The van der Waals surface area contributed by atoms with E-state index in [0.717, 1.165) is 0 Å². The molecule has 0 aliphatic carbocycles. The highest BCUT2D eigenvalue weighted by Crippen LogP contribution is 2.18. The minimum Gasteiger partial charge on any atom is -0.478 e. The molecule has 0 bridgehead atoms. The Morgan fingerprint density at radius 2 is 2.14 bits per heavy atom. The lowest BCUT2D eigenvalue weighted by Gasteiger charge is -2.07. The molecule has 1 rings (SSSR count). The molecule has 0 heterocycles. The van der Waals surface area contributed by atoms with Gasteiger partial charge in [-0.1, -0.05) is 0 Å². The SMILES string of the molecule is CNc1cc(C=O)c(C)c(C(=O)O)c1. The van der Waals surface area contributed by atoms with E-state index in [1.807, 2.05) is 0 Å². The van der Waals surface area contributed by atoms with Crippen LogP contribution in [0.15, 0.2) is 12.1 Å². The number of aromatic carboxylic acids is 1. The van der Waals surface area contributed by atoms with Gasteiger partial charge in [0.25, 0.3) is 0 Å². The second-order valence-corrected chi connectivity index (χ2v) is 2.91. The van der Waals surface area contributed by atoms with Crippen LogP contribution in [-0.4, -0.2) is 24.4 Å². The van der Waals surface area contributed by atoms with Gasteiger partial charge >= 0.3 is 5.97 Å². The van der Waals surface area contributed by atoms with Gasteiger partial charge in [-0.3, -0.25) is 4.79 Å². The number of carboxylic acid groups (broad SMARTS) is 1. The summed E-state index contributed by atoms with van der Waals surface area (Å²) in [5.74, 6) is -1.03. The Labute approximate surface area is 81.6 Å². The zero-order valence-corrected chi connectivity index (χ0v) is 8.00. The van der Waals surface area contributed by atoms with Gasteiger partial charge in [-0.2, -0.15) is 0 Å². The topological polar surface area (TPSA) is 66.4 Å². The van der Waals surface area contributed by atoms with E-state index in [-0.39, 0.29) is 5.56 Å². The smallest absolute Gasteiger partial charge is 0.336 e. The third-order valence-electron chi connectivity index (χ3n) is 2.09. The van der Waals surface area contributed by atoms with Gasteiger partial charge in [-0.15, -0.1) is 0 Å². The predicted octanol–water partition coefficient (Wildman–Crippen LogP) is 1.55. The first-order valence-electron chi connectivity index (χ1n) is 4.11. The number of hydrogen-bond acceptors (Lipinski definition) is 3. The summed E-state index contributed by atoms with van der Waals surface area (Å²) >= 11 is 0. The highest BCUT2D eigenvalue weighted by Gasteiger charge is 2.11. The highest BCUT2D eigenvalue weighted by molar-refractivity contribution is 5.94. The fourth-order valence-electron chi connectivity index (χ4n) is 1.23. The van der Waals surface area contributed by atoms with Crippen LogP contribution >= 0.6 is 0 Å². The van der Waals surface area contributed by atoms with Crippen LogP contribution in [0.3, 0.4) is 0 Å². The van der Waals surface area contributed by atoms with Crippen molar-refractivity contribution in [3.05, 3.63) is 28.8 Å². The number of benzene rings is 1. The molecule has 0 saturated carbocycles. The van der Waals surface area contributed by atoms with Crippen LogP contribution in [0.4, 0.5) is 5.69 Å². The first kappa shape index (κ1) is 10.2. The average molecular weight is 193 g/mol. The lowest BCUT2D eigenvalue weighted by Crippen LogP contribution is -2.04. The average Bonchev–Trinajstić information content (AvgIpc) is 2.17. The number of rotatable bonds is 3. The molecule has 0 aliphatic rings. The zero-order chi connectivity index (χ0) is 10.7. The maximum absolute atomic E-state index is 10.8. The van der Waals surface area contributed by atoms with E-state index in [9.17, 15) is 9.59 Å². The number of hydrogen-bond donors (Lipinski definition) is 2. The van der Waals surface area contributed by atoms with E-state index in [1.165, 1.54) is 6.07 Å². The monoisotopic (exact) mass is 193 g/mol. The lowest BCUT2D eigenvalue weighted by atomic mass is 10.0. The minimum atomic E-state index is -1.03. The highest BCUT2D eigenvalue weighted by atomic mass is 16.4. The molecule has 2 N–H and O–H groups in total. The molecule has 0 fully saturated rings. The van der Waals surface area contributed by atoms with Gasteiger partial charge < -0.3 is 10.4 Å². The Kier molecular flexibility index (Phi) is 2.86. The maximum Gasteiger partial charge on any atom is 0.336 e. The molecule has 4 nitrogen and oxygen atoms in total. The fourth-order valence-corrected chi connectivity index (χ4v) is 1.23. The number of carboxylic acids is 1. The Hall–Kier alpha value is -1.84. The third kappa shape index (κ3) is 1.74. The second-order valence-electron chi connectivity index (χ2n) is 2.91. The molecule has 0 saturated heterocycles. The van der Waals surface area contributed by atoms with Crippen LogP contribution < -0.4 is 5.32 Å². The van der Waals surface area contributed by atoms with E-state index >= 15 is 0 Å². The van der Waals surface area contributed by atoms with E-state index in [0.29, 0.717) is 23.1 Å². The van der Waals surface area contributed by atoms with Gasteiger partial charge in [0.2, 0.25) is 0 Å². The normalized spacial score (nSPS) is 9.57. The number of anilines is 1. The van der Waals surface area contributed by atoms with Crippen molar-refractivity contribution < 1.29 is 14.7 Å². The van der Waals surface area contributed by atoms with Crippen molar-refractivity contribution in [1.29, 1.82) is 0 Å². The van der Waals surface area contributed by atoms with Crippen LogP contribution in [0.25, 0.3) is 0 Å². The summed E-state index contributed by atoms with van der Waals surface area (Å²) in [5.41, 5.74) is 1.66.